The van der Waals surface area contributed by atoms with Gasteiger partial charge < -0.3 is 14.2 Å². The Morgan fingerprint density at radius 3 is 2.38 bits per heavy atom. The summed E-state index contributed by atoms with van der Waals surface area (Å²) in [6.45, 7) is 3.12. The Morgan fingerprint density at radius 1 is 1.07 bits per heavy atom. The van der Waals surface area contributed by atoms with Gasteiger partial charge in [-0.1, -0.05) is 6.07 Å². The number of ether oxygens (including phenoxy) is 3. The van der Waals surface area contributed by atoms with Crippen molar-refractivity contribution in [1.29, 1.82) is 0 Å². The molecule has 0 saturated carbocycles. The third-order valence-corrected chi connectivity index (χ3v) is 5.44. The Kier molecular flexibility index (Phi) is 7.83. The van der Waals surface area contributed by atoms with Crippen LogP contribution < -0.4 is 0 Å². The molecule has 0 saturated heterocycles. The lowest BCUT2D eigenvalue weighted by Crippen LogP contribution is -2.42. The van der Waals surface area contributed by atoms with E-state index >= 15 is 0 Å². The summed E-state index contributed by atoms with van der Waals surface area (Å²) in [5.41, 5.74) is 0.592. The van der Waals surface area contributed by atoms with Gasteiger partial charge in [-0.2, -0.15) is 0 Å². The molecule has 1 unspecified atom stereocenters. The summed E-state index contributed by atoms with van der Waals surface area (Å²) in [5, 5.41) is 1.82. The van der Waals surface area contributed by atoms with Gasteiger partial charge in [-0.3, -0.25) is 19.4 Å². The highest BCUT2D eigenvalue weighted by molar-refractivity contribution is 7.12. The van der Waals surface area contributed by atoms with Crippen LogP contribution in [0.25, 0.3) is 0 Å². The van der Waals surface area contributed by atoms with Gasteiger partial charge in [0.15, 0.2) is 5.78 Å². The lowest BCUT2D eigenvalue weighted by molar-refractivity contribution is -0.157. The maximum absolute atomic E-state index is 12.8. The van der Waals surface area contributed by atoms with Crippen LogP contribution in [0.3, 0.4) is 0 Å². The number of carbonyl (C=O) groups is 4. The summed E-state index contributed by atoms with van der Waals surface area (Å²) < 4.78 is 14.9. The molecule has 0 spiro atoms. The maximum atomic E-state index is 12.8. The average molecular weight is 421 g/mol. The van der Waals surface area contributed by atoms with Crippen molar-refractivity contribution in [2.24, 2.45) is 16.8 Å². The van der Waals surface area contributed by atoms with E-state index in [1.54, 1.807) is 26.0 Å². The molecule has 1 aliphatic rings. The van der Waals surface area contributed by atoms with Gasteiger partial charge in [0.05, 0.1) is 31.3 Å². The first-order chi connectivity index (χ1) is 13.8. The van der Waals surface area contributed by atoms with Gasteiger partial charge in [-0.25, -0.2) is 4.79 Å². The number of nitrogens with zero attached hydrogens (tertiary/aromatic N) is 1. The number of esters is 3. The van der Waals surface area contributed by atoms with E-state index in [-0.39, 0.29) is 30.1 Å². The Labute approximate surface area is 172 Å². The van der Waals surface area contributed by atoms with E-state index in [1.165, 1.54) is 25.6 Å². The topological polar surface area (TPSA) is 108 Å². The van der Waals surface area contributed by atoms with Crippen molar-refractivity contribution in [2.45, 2.75) is 26.7 Å². The van der Waals surface area contributed by atoms with Crippen molar-refractivity contribution in [3.05, 3.63) is 33.7 Å². The normalized spacial score (nSPS) is 18.7. The first-order valence-corrected chi connectivity index (χ1v) is 9.85. The van der Waals surface area contributed by atoms with Gasteiger partial charge in [-0.05, 0) is 31.7 Å². The molecule has 0 radical (unpaired) electrons. The summed E-state index contributed by atoms with van der Waals surface area (Å²) in [6, 6.07) is 3.53. The fourth-order valence-corrected chi connectivity index (χ4v) is 3.85. The van der Waals surface area contributed by atoms with Crippen LogP contribution >= 0.6 is 11.3 Å². The zero-order valence-electron chi connectivity index (χ0n) is 16.7. The predicted octanol–water partition coefficient (Wildman–Crippen LogP) is 2.58. The fraction of sp³-hybridized carbons (Fsp3) is 0.450. The van der Waals surface area contributed by atoms with E-state index in [1.807, 2.05) is 5.38 Å². The summed E-state index contributed by atoms with van der Waals surface area (Å²) in [6.07, 6.45) is 0.541. The van der Waals surface area contributed by atoms with E-state index in [9.17, 15) is 19.2 Å². The lowest BCUT2D eigenvalue weighted by atomic mass is 9.80. The molecule has 1 aromatic rings. The SMILES string of the molecule is COC(=O)C1=C(C)N=C(C)C(C(=O)OC)[C@@H]1C(=O)OCCCC(=O)c1cccs1. The Balaban J connectivity index is 2.12. The minimum Gasteiger partial charge on any atom is -0.468 e. The molecule has 9 heteroatoms. The maximum Gasteiger partial charge on any atom is 0.336 e. The molecule has 0 amide bonds. The molecule has 29 heavy (non-hydrogen) atoms. The van der Waals surface area contributed by atoms with Crippen LogP contribution in [-0.4, -0.2) is 50.2 Å². The first-order valence-electron chi connectivity index (χ1n) is 8.97. The minimum atomic E-state index is -1.22. The van der Waals surface area contributed by atoms with Gasteiger partial charge in [0.25, 0.3) is 0 Å². The van der Waals surface area contributed by atoms with Gasteiger partial charge in [-0.15, -0.1) is 11.3 Å². The molecule has 156 valence electrons. The number of rotatable bonds is 8. The molecular formula is C20H23NO7S. The molecule has 1 aromatic heterocycles. The van der Waals surface area contributed by atoms with Crippen molar-refractivity contribution in [3.8, 4) is 0 Å². The van der Waals surface area contributed by atoms with E-state index in [4.69, 9.17) is 14.2 Å². The van der Waals surface area contributed by atoms with E-state index in [2.05, 4.69) is 4.99 Å². The molecular weight excluding hydrogens is 398 g/mol. The van der Waals surface area contributed by atoms with Gasteiger partial charge in [0.1, 0.15) is 11.8 Å². The molecule has 0 N–H and O–H groups in total. The summed E-state index contributed by atoms with van der Waals surface area (Å²) in [5.74, 6) is -4.57. The van der Waals surface area contributed by atoms with Crippen LogP contribution in [0, 0.1) is 11.8 Å². The molecule has 0 bridgehead atoms. The van der Waals surface area contributed by atoms with Gasteiger partial charge >= 0.3 is 17.9 Å². The number of aliphatic imine (C=N–C) groups is 1. The van der Waals surface area contributed by atoms with Crippen molar-refractivity contribution in [3.63, 3.8) is 0 Å². The van der Waals surface area contributed by atoms with Crippen LogP contribution in [0.15, 0.2) is 33.8 Å². The minimum absolute atomic E-state index is 0.0238. The molecule has 2 atom stereocenters. The Morgan fingerprint density at radius 2 is 1.79 bits per heavy atom. The van der Waals surface area contributed by atoms with E-state index in [0.717, 1.165) is 0 Å². The Hall–Kier alpha value is -2.81. The second kappa shape index (κ2) is 10.1. The predicted molar refractivity (Wildman–Crippen MR) is 106 cm³/mol. The van der Waals surface area contributed by atoms with Crippen LogP contribution in [0.4, 0.5) is 0 Å². The number of thiophene rings is 1. The largest absolute Gasteiger partial charge is 0.468 e. The second-order valence-electron chi connectivity index (χ2n) is 6.39. The highest BCUT2D eigenvalue weighted by Gasteiger charge is 2.46. The standard InChI is InChI=1S/C20H23NO7S/c1-11-15(18(23)26-3)17(16(12(2)21-11)19(24)27-4)20(25)28-9-5-7-13(22)14-8-6-10-29-14/h6,8,10,15,17H,5,7,9H2,1-4H3/t15?,17-/m0/s1. The van der Waals surface area contributed by atoms with Crippen LogP contribution in [0.1, 0.15) is 36.4 Å². The van der Waals surface area contributed by atoms with Crippen molar-refractivity contribution in [2.75, 3.05) is 20.8 Å². The number of Topliss-reactive ketones (excluding diaryl/α,β-unsaturated/α-hetero) is 1. The van der Waals surface area contributed by atoms with Gasteiger partial charge in [0, 0.05) is 17.8 Å². The zero-order valence-corrected chi connectivity index (χ0v) is 17.5. The van der Waals surface area contributed by atoms with E-state index < -0.39 is 29.7 Å². The molecule has 2 rings (SSSR count). The third-order valence-electron chi connectivity index (χ3n) is 4.53. The van der Waals surface area contributed by atoms with Crippen LogP contribution in [0.2, 0.25) is 0 Å². The van der Waals surface area contributed by atoms with Crippen molar-refractivity contribution >= 4 is 40.7 Å². The summed E-state index contributed by atoms with van der Waals surface area (Å²) >= 11 is 1.35. The van der Waals surface area contributed by atoms with E-state index in [0.29, 0.717) is 17.0 Å². The first kappa shape index (κ1) is 22.5. The number of methoxy groups -OCH3 is 2. The molecule has 2 heterocycles. The summed E-state index contributed by atoms with van der Waals surface area (Å²) in [7, 11) is 2.37. The number of ketones is 1. The monoisotopic (exact) mass is 421 g/mol. The van der Waals surface area contributed by atoms with Crippen molar-refractivity contribution < 1.29 is 33.4 Å². The third kappa shape index (κ3) is 5.17. The van der Waals surface area contributed by atoms with Crippen LogP contribution in [0.5, 0.6) is 0 Å². The molecule has 8 nitrogen and oxygen atoms in total. The lowest BCUT2D eigenvalue weighted by Gasteiger charge is -2.29. The second-order valence-corrected chi connectivity index (χ2v) is 7.34. The molecule has 0 aliphatic carbocycles. The smallest absolute Gasteiger partial charge is 0.336 e. The number of allylic oxidation sites excluding steroid dienone is 1. The molecule has 1 aliphatic heterocycles. The highest BCUT2D eigenvalue weighted by atomic mass is 32.1. The number of hydrogen-bond acceptors (Lipinski definition) is 9. The quantitative estimate of drug-likeness (QED) is 0.275. The highest BCUT2D eigenvalue weighted by Crippen LogP contribution is 2.33. The van der Waals surface area contributed by atoms with Gasteiger partial charge in [0.2, 0.25) is 0 Å². The summed E-state index contributed by atoms with van der Waals surface area (Å²) in [4.78, 5) is 54.2. The number of carbonyl (C=O) groups excluding carboxylic acids is 4. The average Bonchev–Trinajstić information content (AvgIpc) is 3.24. The molecule has 0 aromatic carbocycles. The zero-order chi connectivity index (χ0) is 21.6. The Bertz CT molecular complexity index is 854. The fourth-order valence-electron chi connectivity index (χ4n) is 3.16. The van der Waals surface area contributed by atoms with Crippen LogP contribution in [-0.2, 0) is 28.6 Å². The number of hydrogen-bond donors (Lipinski definition) is 0. The van der Waals surface area contributed by atoms with Crippen molar-refractivity contribution in [1.82, 2.24) is 0 Å². The molecule has 0 fully saturated rings.